The highest BCUT2D eigenvalue weighted by molar-refractivity contribution is 5.73. The van der Waals surface area contributed by atoms with Crippen molar-refractivity contribution >= 4 is 5.91 Å². The van der Waals surface area contributed by atoms with Crippen LogP contribution in [0.2, 0.25) is 0 Å². The molecule has 0 aromatic rings. The van der Waals surface area contributed by atoms with Crippen LogP contribution >= 0.6 is 0 Å². The van der Waals surface area contributed by atoms with Crippen molar-refractivity contribution in [1.29, 1.82) is 0 Å². The van der Waals surface area contributed by atoms with Crippen molar-refractivity contribution in [2.45, 2.75) is 57.5 Å². The molecule has 1 unspecified atom stereocenters. The fraction of sp³-hybridized carbons (Fsp3) is 0.952. The van der Waals surface area contributed by atoms with E-state index in [-0.39, 0.29) is 25.0 Å². The van der Waals surface area contributed by atoms with Gasteiger partial charge in [0.25, 0.3) is 0 Å². The summed E-state index contributed by atoms with van der Waals surface area (Å²) in [6, 6.07) is -0.540. The first-order valence-corrected chi connectivity index (χ1v) is 11.1. The van der Waals surface area contributed by atoms with Gasteiger partial charge in [0.15, 0.2) is 12.1 Å². The molecule has 2 aliphatic rings. The van der Waals surface area contributed by atoms with Crippen LogP contribution in [0.15, 0.2) is 0 Å². The standard InChI is InChI=1S/C21H39NO10/c1-15-18(31-20(3,4)25)17(22-16(2)24)19-30-14-21(15,32-19)13-29-12-11-28-10-9-27-8-7-26-6-5-23/h15,17-19,23,25H,5-14H2,1-4H3,(H,22,24)/t15-,17-,18?,19+,21+/m1/s1. The zero-order chi connectivity index (χ0) is 23.6. The molecule has 2 aliphatic heterocycles. The molecular weight excluding hydrogens is 426 g/mol. The molecule has 2 bridgehead atoms. The first-order valence-electron chi connectivity index (χ1n) is 11.1. The predicted octanol–water partition coefficient (Wildman–Crippen LogP) is -0.575. The molecule has 188 valence electrons. The Morgan fingerprint density at radius 2 is 1.62 bits per heavy atom. The second-order valence-electron chi connectivity index (χ2n) is 8.52. The Morgan fingerprint density at radius 1 is 1.06 bits per heavy atom. The number of amides is 1. The Bertz CT molecular complexity index is 557. The molecule has 0 aromatic carbocycles. The minimum atomic E-state index is -1.38. The Morgan fingerprint density at radius 3 is 2.16 bits per heavy atom. The van der Waals surface area contributed by atoms with Crippen LogP contribution in [0.25, 0.3) is 0 Å². The fourth-order valence-electron chi connectivity index (χ4n) is 3.77. The maximum Gasteiger partial charge on any atom is 0.217 e. The average molecular weight is 466 g/mol. The van der Waals surface area contributed by atoms with Gasteiger partial charge in [-0.1, -0.05) is 6.92 Å². The van der Waals surface area contributed by atoms with Gasteiger partial charge in [-0.2, -0.15) is 0 Å². The van der Waals surface area contributed by atoms with Crippen molar-refractivity contribution in [3.05, 3.63) is 0 Å². The molecule has 0 saturated carbocycles. The molecule has 2 heterocycles. The Hall–Kier alpha value is -0.890. The zero-order valence-corrected chi connectivity index (χ0v) is 19.5. The van der Waals surface area contributed by atoms with Gasteiger partial charge >= 0.3 is 0 Å². The van der Waals surface area contributed by atoms with Crippen LogP contribution < -0.4 is 5.32 Å². The summed E-state index contributed by atoms with van der Waals surface area (Å²) in [5.41, 5.74) is -0.743. The van der Waals surface area contributed by atoms with E-state index in [1.807, 2.05) is 6.92 Å². The lowest BCUT2D eigenvalue weighted by Gasteiger charge is -2.47. The van der Waals surface area contributed by atoms with E-state index in [2.05, 4.69) is 5.32 Å². The Balaban J connectivity index is 1.73. The highest BCUT2D eigenvalue weighted by atomic mass is 16.7. The van der Waals surface area contributed by atoms with E-state index in [9.17, 15) is 9.90 Å². The summed E-state index contributed by atoms with van der Waals surface area (Å²) in [4.78, 5) is 11.7. The number of fused-ring (bicyclic) bond motifs is 2. The van der Waals surface area contributed by atoms with Crippen LogP contribution in [-0.4, -0.2) is 112 Å². The molecule has 11 nitrogen and oxygen atoms in total. The third kappa shape index (κ3) is 8.47. The molecule has 5 atom stereocenters. The van der Waals surface area contributed by atoms with Gasteiger partial charge < -0.3 is 48.7 Å². The first-order chi connectivity index (χ1) is 15.2. The lowest BCUT2D eigenvalue weighted by atomic mass is 9.80. The topological polar surface area (TPSA) is 134 Å². The third-order valence-electron chi connectivity index (χ3n) is 5.31. The molecule has 2 saturated heterocycles. The molecular formula is C21H39NO10. The van der Waals surface area contributed by atoms with E-state index in [1.54, 1.807) is 13.8 Å². The van der Waals surface area contributed by atoms with Crippen molar-refractivity contribution in [3.63, 3.8) is 0 Å². The van der Waals surface area contributed by atoms with E-state index in [4.69, 9.17) is 38.3 Å². The van der Waals surface area contributed by atoms with Gasteiger partial charge in [-0.3, -0.25) is 4.79 Å². The SMILES string of the molecule is CC(=O)N[C@@H]1C(OC(C)(C)O)[C@@H](C)[C@]2(COCCOCCOCCOCCO)CO[C@H]1O2. The van der Waals surface area contributed by atoms with Crippen molar-refractivity contribution in [2.24, 2.45) is 5.92 Å². The molecule has 11 heteroatoms. The number of ether oxygens (including phenoxy) is 7. The smallest absolute Gasteiger partial charge is 0.217 e. The number of aliphatic hydroxyl groups excluding tert-OH is 1. The lowest BCUT2D eigenvalue weighted by Crippen LogP contribution is -2.64. The van der Waals surface area contributed by atoms with E-state index in [0.29, 0.717) is 52.9 Å². The average Bonchev–Trinajstić information content (AvgIpc) is 3.11. The van der Waals surface area contributed by atoms with Gasteiger partial charge in [0.1, 0.15) is 11.6 Å². The van der Waals surface area contributed by atoms with Crippen LogP contribution in [-0.2, 0) is 38.0 Å². The maximum atomic E-state index is 11.7. The third-order valence-corrected chi connectivity index (χ3v) is 5.31. The first kappa shape index (κ1) is 27.4. The normalized spacial score (nSPS) is 29.9. The van der Waals surface area contributed by atoms with E-state index >= 15 is 0 Å². The van der Waals surface area contributed by atoms with Crippen molar-refractivity contribution in [3.8, 4) is 0 Å². The van der Waals surface area contributed by atoms with E-state index < -0.39 is 29.8 Å². The van der Waals surface area contributed by atoms with Crippen LogP contribution in [0.4, 0.5) is 0 Å². The number of carbonyl (C=O) groups is 1. The minimum absolute atomic E-state index is 0.00395. The summed E-state index contributed by atoms with van der Waals surface area (Å²) in [6.07, 6.45) is -1.20. The van der Waals surface area contributed by atoms with Crippen LogP contribution in [0.1, 0.15) is 27.7 Å². The van der Waals surface area contributed by atoms with Crippen molar-refractivity contribution in [1.82, 2.24) is 5.32 Å². The molecule has 2 fully saturated rings. The van der Waals surface area contributed by atoms with Crippen molar-refractivity contribution < 1.29 is 48.2 Å². The molecule has 0 radical (unpaired) electrons. The van der Waals surface area contributed by atoms with Gasteiger partial charge in [-0.25, -0.2) is 0 Å². The summed E-state index contributed by atoms with van der Waals surface area (Å²) >= 11 is 0. The Kier molecular flexibility index (Phi) is 11.2. The van der Waals surface area contributed by atoms with Crippen LogP contribution in [0, 0.1) is 5.92 Å². The minimum Gasteiger partial charge on any atom is -0.394 e. The van der Waals surface area contributed by atoms with Gasteiger partial charge in [0.05, 0.1) is 72.2 Å². The number of hydrogen-bond acceptors (Lipinski definition) is 10. The molecule has 32 heavy (non-hydrogen) atoms. The molecule has 3 N–H and O–H groups in total. The van der Waals surface area contributed by atoms with E-state index in [1.165, 1.54) is 6.92 Å². The van der Waals surface area contributed by atoms with Crippen molar-refractivity contribution in [2.75, 3.05) is 66.1 Å². The number of rotatable bonds is 16. The zero-order valence-electron chi connectivity index (χ0n) is 19.5. The predicted molar refractivity (Wildman–Crippen MR) is 112 cm³/mol. The largest absolute Gasteiger partial charge is 0.394 e. The maximum absolute atomic E-state index is 11.7. The Labute approximate surface area is 189 Å². The fourth-order valence-corrected chi connectivity index (χ4v) is 3.77. The van der Waals surface area contributed by atoms with Crippen LogP contribution in [0.5, 0.6) is 0 Å². The molecule has 1 amide bonds. The second kappa shape index (κ2) is 13.1. The highest BCUT2D eigenvalue weighted by Crippen LogP contribution is 2.43. The summed E-state index contributed by atoms with van der Waals surface area (Å²) < 4.78 is 39.6. The molecule has 0 spiro atoms. The highest BCUT2D eigenvalue weighted by Gasteiger charge is 2.59. The number of hydrogen-bond donors (Lipinski definition) is 3. The summed E-state index contributed by atoms with van der Waals surface area (Å²) in [5, 5.41) is 21.6. The molecule has 0 aromatic heterocycles. The molecule has 2 rings (SSSR count). The second-order valence-corrected chi connectivity index (χ2v) is 8.52. The van der Waals surface area contributed by atoms with Gasteiger partial charge in [0, 0.05) is 12.8 Å². The number of aliphatic hydroxyl groups is 2. The van der Waals surface area contributed by atoms with Gasteiger partial charge in [0.2, 0.25) is 5.91 Å². The van der Waals surface area contributed by atoms with Gasteiger partial charge in [-0.15, -0.1) is 0 Å². The van der Waals surface area contributed by atoms with Gasteiger partial charge in [-0.05, 0) is 13.8 Å². The quantitative estimate of drug-likeness (QED) is 0.201. The summed E-state index contributed by atoms with van der Waals surface area (Å²) in [7, 11) is 0. The summed E-state index contributed by atoms with van der Waals surface area (Å²) in [6.45, 7) is 9.89. The monoisotopic (exact) mass is 465 g/mol. The van der Waals surface area contributed by atoms with E-state index in [0.717, 1.165) is 0 Å². The number of nitrogens with one attached hydrogen (secondary N) is 1. The molecule has 0 aliphatic carbocycles. The lowest BCUT2D eigenvalue weighted by molar-refractivity contribution is -0.281. The summed E-state index contributed by atoms with van der Waals surface area (Å²) in [5.74, 6) is -1.82. The van der Waals surface area contributed by atoms with Crippen LogP contribution in [0.3, 0.4) is 0 Å². The number of carbonyl (C=O) groups excluding carboxylic acids is 1.